The van der Waals surface area contributed by atoms with E-state index in [0.29, 0.717) is 63.8 Å². The number of nitrogens with zero attached hydrogens (tertiary/aromatic N) is 3. The molecule has 1 fully saturated rings. The number of hydrogen-bond acceptors (Lipinski definition) is 18. The van der Waals surface area contributed by atoms with E-state index in [0.717, 1.165) is 43.2 Å². The number of aliphatic hydroxyl groups is 1. The molecule has 1 unspecified atom stereocenters. The van der Waals surface area contributed by atoms with Gasteiger partial charge in [-0.3, -0.25) is 43.2 Å². The lowest BCUT2D eigenvalue weighted by Gasteiger charge is -2.41. The van der Waals surface area contributed by atoms with E-state index in [4.69, 9.17) is 35.2 Å². The molecule has 1 heterocycles. The van der Waals surface area contributed by atoms with Gasteiger partial charge in [0.15, 0.2) is 11.6 Å². The first-order valence-electron chi connectivity index (χ1n) is 37.2. The molecule has 7 amide bonds. The van der Waals surface area contributed by atoms with Crippen LogP contribution in [0, 0.1) is 54.3 Å². The number of anilines is 1. The van der Waals surface area contributed by atoms with Crippen LogP contribution in [0.3, 0.4) is 0 Å². The van der Waals surface area contributed by atoms with Gasteiger partial charge in [-0.15, -0.1) is 0 Å². The number of Topliss-reactive ketones (excluding diaryl/α,β-unsaturated/α-hetero) is 5. The first-order chi connectivity index (χ1) is 48.8. The number of methoxy groups -OCH3 is 2. The van der Waals surface area contributed by atoms with Crippen molar-refractivity contribution >= 4 is 70.4 Å². The molecule has 103 heavy (non-hydrogen) atoms. The van der Waals surface area contributed by atoms with Crippen LogP contribution < -0.4 is 27.4 Å². The Morgan fingerprint density at radius 2 is 1.31 bits per heavy atom. The third-order valence-corrected chi connectivity index (χ3v) is 19.5. The highest BCUT2D eigenvalue weighted by atomic mass is 16.6. The Balaban J connectivity index is 0.000000711. The fraction of sp³-hybridized carbons (Fsp3) is 0.705. The molecule has 0 saturated carbocycles. The molecule has 2 aromatic carbocycles. The first kappa shape index (κ1) is 92.1. The molecule has 3 rings (SSSR count). The molecule has 12 atom stereocenters. The Morgan fingerprint density at radius 3 is 1.88 bits per heavy atom. The number of hydrogen-bond donors (Lipinski definition) is 6. The van der Waals surface area contributed by atoms with E-state index in [2.05, 4.69) is 16.0 Å². The molecule has 0 radical (unpaired) electrons. The Kier molecular flexibility index (Phi) is 44.4. The molecule has 0 bridgehead atoms. The van der Waals surface area contributed by atoms with E-state index in [9.17, 15) is 57.8 Å². The zero-order valence-corrected chi connectivity index (χ0v) is 64.8. The van der Waals surface area contributed by atoms with Gasteiger partial charge in [0.2, 0.25) is 23.6 Å². The SMILES string of the molecule is CCOC(=O)N(C)C(C(=O)C[C@H](C(=O)N(C)[C@@H]([C@@H](C)CC)[C@@H](CC(=O)N1CCC[C@H]1[C@H](OC)[C@@H](C)C(=O)C[C@H](C)[C@@H](O)c1ccccc1)OC)C(C)C)C(C)C.Cc1ccc(NC(=O)[C@H](CCCNC(N)=O)CC(=O)[C@@H](NC(=O)COCCOCCCC(=O)CCCCCC(=O)CN)C(C)C)cc1. The second kappa shape index (κ2) is 49.6. The lowest BCUT2D eigenvalue weighted by molar-refractivity contribution is -0.149. The first-order valence-corrected chi connectivity index (χ1v) is 37.2. The fourth-order valence-electron chi connectivity index (χ4n) is 13.3. The largest absolute Gasteiger partial charge is 0.450 e. The summed E-state index contributed by atoms with van der Waals surface area (Å²) in [5.74, 6) is -4.26. The maximum absolute atomic E-state index is 14.4. The van der Waals surface area contributed by atoms with Crippen molar-refractivity contribution in [3.63, 3.8) is 0 Å². The van der Waals surface area contributed by atoms with Gasteiger partial charge < -0.3 is 70.9 Å². The molecule has 582 valence electrons. The number of likely N-dealkylation sites (tertiary alicyclic amines) is 1. The van der Waals surface area contributed by atoms with Crippen LogP contribution >= 0.6 is 0 Å². The molecule has 8 N–H and O–H groups in total. The Hall–Kier alpha value is -7.03. The van der Waals surface area contributed by atoms with Crippen LogP contribution in [0.15, 0.2) is 54.6 Å². The number of aliphatic hydroxyl groups excluding tert-OH is 1. The number of benzene rings is 2. The van der Waals surface area contributed by atoms with E-state index in [-0.39, 0.29) is 147 Å². The molecule has 25 nitrogen and oxygen atoms in total. The number of likely N-dealkylation sites (N-methyl/N-ethyl adjacent to an activating group) is 2. The standard InChI is InChI=1S/C44H73N3O9.C34H55N5O8/c1-14-29(7)40(45(10)43(52)33(27(3)4)25-36(49)39(28(5)6)46(11)44(53)56-15-2)37(54-12)26-38(50)47-23-19-22-34(47)42(55-13)31(9)35(48)24-30(8)41(51)32-20-17-16-18-21-32;1-24(2)32(30(42)21-26(9-7-17-37-34(36)45)33(44)38-27-15-13-25(3)14-16-27)39-31(43)23-47-20-19-46-18-8-12-28(40)10-5-4-6-11-29(41)22-35/h16-18,20-21,27-31,33-34,37,39-42,51H,14-15,19,22-26H2,1-13H3;13-16,24,26,32H,4-12,17-23,35H2,1-3H3,(H,38,44)(H,39,43)(H3,36,37,45)/t29-,30-,31-,33-,34-,37+,39?,40-,41+,42+;26-,32+/m01/s1. The Labute approximate surface area is 613 Å². The van der Waals surface area contributed by atoms with Crippen molar-refractivity contribution in [2.75, 3.05) is 86.3 Å². The lowest BCUT2D eigenvalue weighted by atomic mass is 9.83. The fourth-order valence-corrected chi connectivity index (χ4v) is 13.3. The van der Waals surface area contributed by atoms with Crippen molar-refractivity contribution in [2.24, 2.45) is 58.8 Å². The van der Waals surface area contributed by atoms with Crippen molar-refractivity contribution in [2.45, 2.75) is 228 Å². The minimum Gasteiger partial charge on any atom is -0.450 e. The van der Waals surface area contributed by atoms with Gasteiger partial charge in [0, 0.05) is 110 Å². The highest BCUT2D eigenvalue weighted by Crippen LogP contribution is 2.33. The zero-order chi connectivity index (χ0) is 77.5. The number of amides is 7. The second-order valence-electron chi connectivity index (χ2n) is 28.7. The summed E-state index contributed by atoms with van der Waals surface area (Å²) >= 11 is 0. The molecular formula is C78H128N8O17. The molecule has 1 saturated heterocycles. The molecular weight excluding hydrogens is 1320 g/mol. The Bertz CT molecular complexity index is 2910. The van der Waals surface area contributed by atoms with Crippen LogP contribution in [0.1, 0.15) is 196 Å². The number of carbonyl (C=O) groups excluding carboxylic acids is 11. The molecule has 0 aliphatic carbocycles. The van der Waals surface area contributed by atoms with Gasteiger partial charge in [0.05, 0.1) is 75.3 Å². The minimum absolute atomic E-state index is 0.0176. The lowest BCUT2D eigenvalue weighted by Crippen LogP contribution is -2.54. The number of ketones is 5. The van der Waals surface area contributed by atoms with Gasteiger partial charge in [0.1, 0.15) is 24.0 Å². The number of aryl methyl sites for hydroxylation is 1. The van der Waals surface area contributed by atoms with Gasteiger partial charge in [-0.25, -0.2) is 9.59 Å². The summed E-state index contributed by atoms with van der Waals surface area (Å²) < 4.78 is 28.1. The molecule has 2 aromatic rings. The average molecular weight is 1450 g/mol. The smallest absolute Gasteiger partial charge is 0.410 e. The molecule has 25 heteroatoms. The van der Waals surface area contributed by atoms with Crippen molar-refractivity contribution < 1.29 is 81.5 Å². The minimum atomic E-state index is -0.813. The predicted octanol–water partition coefficient (Wildman–Crippen LogP) is 9.54. The third-order valence-electron chi connectivity index (χ3n) is 19.5. The molecule has 1 aliphatic heterocycles. The molecule has 0 aromatic heterocycles. The summed E-state index contributed by atoms with van der Waals surface area (Å²) in [6, 6.07) is 13.6. The van der Waals surface area contributed by atoms with E-state index >= 15 is 0 Å². The van der Waals surface area contributed by atoms with Crippen LogP contribution in [0.5, 0.6) is 0 Å². The van der Waals surface area contributed by atoms with Gasteiger partial charge in [0.25, 0.3) is 0 Å². The Morgan fingerprint density at radius 1 is 0.680 bits per heavy atom. The van der Waals surface area contributed by atoms with Gasteiger partial charge >= 0.3 is 12.1 Å². The zero-order valence-electron chi connectivity index (χ0n) is 64.8. The van der Waals surface area contributed by atoms with Crippen LogP contribution in [-0.4, -0.2) is 202 Å². The summed E-state index contributed by atoms with van der Waals surface area (Å²) in [5, 5.41) is 19.0. The monoisotopic (exact) mass is 1450 g/mol. The van der Waals surface area contributed by atoms with Gasteiger partial charge in [-0.1, -0.05) is 130 Å². The normalized spacial score (nSPS) is 16.1. The summed E-state index contributed by atoms with van der Waals surface area (Å²) in [6.07, 6.45) is 4.76. The highest BCUT2D eigenvalue weighted by molar-refractivity contribution is 5.98. The van der Waals surface area contributed by atoms with E-state index in [1.807, 2.05) is 124 Å². The topological polar surface area (TPSA) is 352 Å². The number of urea groups is 1. The summed E-state index contributed by atoms with van der Waals surface area (Å²) in [4.78, 5) is 147. The molecule has 1 aliphatic rings. The van der Waals surface area contributed by atoms with E-state index in [1.165, 1.54) is 4.90 Å². The van der Waals surface area contributed by atoms with Crippen molar-refractivity contribution in [1.82, 2.24) is 25.3 Å². The van der Waals surface area contributed by atoms with E-state index in [1.54, 1.807) is 52.3 Å². The summed E-state index contributed by atoms with van der Waals surface area (Å²) in [6.45, 7) is 24.2. The van der Waals surface area contributed by atoms with Crippen molar-refractivity contribution in [3.8, 4) is 0 Å². The van der Waals surface area contributed by atoms with Crippen LogP contribution in [0.2, 0.25) is 0 Å². The van der Waals surface area contributed by atoms with Crippen molar-refractivity contribution in [1.29, 1.82) is 0 Å². The number of carbonyl (C=O) groups is 11. The quantitative estimate of drug-likeness (QED) is 0.0336. The number of nitrogens with one attached hydrogen (secondary N) is 3. The summed E-state index contributed by atoms with van der Waals surface area (Å²) in [7, 11) is 6.40. The maximum atomic E-state index is 14.4. The van der Waals surface area contributed by atoms with Crippen LogP contribution in [0.25, 0.3) is 0 Å². The summed E-state index contributed by atoms with van der Waals surface area (Å²) in [5.41, 5.74) is 12.8. The van der Waals surface area contributed by atoms with Gasteiger partial charge in [-0.05, 0) is 106 Å². The van der Waals surface area contributed by atoms with Crippen molar-refractivity contribution in [3.05, 3.63) is 65.7 Å². The predicted molar refractivity (Wildman–Crippen MR) is 397 cm³/mol. The number of unbranched alkanes of at least 4 members (excludes halogenated alkanes) is 2. The maximum Gasteiger partial charge on any atom is 0.410 e. The average Bonchev–Trinajstić information content (AvgIpc) is 1.79. The van der Waals surface area contributed by atoms with Gasteiger partial charge in [-0.2, -0.15) is 0 Å². The number of nitrogens with two attached hydrogens (primary N) is 2. The van der Waals surface area contributed by atoms with Crippen LogP contribution in [0.4, 0.5) is 15.3 Å². The van der Waals surface area contributed by atoms with Crippen LogP contribution in [-0.2, 0) is 66.8 Å². The van der Waals surface area contributed by atoms with E-state index < -0.39 is 72.2 Å². The third kappa shape index (κ3) is 32.9. The number of ether oxygens (including phenoxy) is 5. The highest BCUT2D eigenvalue weighted by Gasteiger charge is 2.44. The molecule has 0 spiro atoms. The number of primary amides is 1. The number of rotatable bonds is 50. The second-order valence-corrected chi connectivity index (χ2v) is 28.7.